The van der Waals surface area contributed by atoms with E-state index in [0.29, 0.717) is 25.3 Å². The highest BCUT2D eigenvalue weighted by Crippen LogP contribution is 2.32. The number of anilines is 1. The molecule has 0 bridgehead atoms. The maximum atomic E-state index is 12.4. The first-order valence-corrected chi connectivity index (χ1v) is 7.79. The van der Waals surface area contributed by atoms with Crippen LogP contribution in [0.2, 0.25) is 0 Å². The molecule has 0 aliphatic carbocycles. The third-order valence-electron chi connectivity index (χ3n) is 3.74. The zero-order chi connectivity index (χ0) is 15.7. The number of carbonyl (C=O) groups is 2. The monoisotopic (exact) mass is 323 g/mol. The van der Waals surface area contributed by atoms with Gasteiger partial charge in [0.1, 0.15) is 5.00 Å². The Kier molecular flexibility index (Phi) is 4.14. The quantitative estimate of drug-likeness (QED) is 0.927. The molecule has 118 valence electrons. The van der Waals surface area contributed by atoms with E-state index in [2.05, 4.69) is 4.90 Å². The van der Waals surface area contributed by atoms with Crippen molar-refractivity contribution in [2.45, 2.75) is 0 Å². The van der Waals surface area contributed by atoms with Crippen LogP contribution in [0.5, 0.6) is 0 Å². The van der Waals surface area contributed by atoms with E-state index in [9.17, 15) is 9.59 Å². The second kappa shape index (κ2) is 6.07. The fraction of sp³-hybridized carbons (Fsp3) is 0.429. The fourth-order valence-electron chi connectivity index (χ4n) is 2.42. The van der Waals surface area contributed by atoms with Crippen molar-refractivity contribution in [2.75, 3.05) is 44.8 Å². The molecule has 1 aliphatic heterocycles. The molecule has 0 saturated carbocycles. The Morgan fingerprint density at radius 1 is 1.41 bits per heavy atom. The highest BCUT2D eigenvalue weighted by atomic mass is 32.1. The van der Waals surface area contributed by atoms with Gasteiger partial charge >= 0.3 is 6.09 Å². The molecule has 0 unspecified atom stereocenters. The molecule has 2 aromatic heterocycles. The van der Waals surface area contributed by atoms with Gasteiger partial charge in [0, 0.05) is 26.3 Å². The van der Waals surface area contributed by atoms with Crippen molar-refractivity contribution in [3.05, 3.63) is 18.3 Å². The fourth-order valence-corrected chi connectivity index (χ4v) is 3.45. The van der Waals surface area contributed by atoms with Crippen LogP contribution < -0.4 is 4.90 Å². The zero-order valence-electron chi connectivity index (χ0n) is 12.2. The first kappa shape index (κ1) is 15.0. The number of hydrogen-bond acceptors (Lipinski definition) is 5. The Morgan fingerprint density at radius 2 is 2.14 bits per heavy atom. The Hall–Kier alpha value is -1.90. The van der Waals surface area contributed by atoms with Crippen LogP contribution in [0.1, 0.15) is 0 Å². The second-order valence-corrected chi connectivity index (χ2v) is 6.21. The number of carboxylic acid groups (broad SMARTS) is 1. The van der Waals surface area contributed by atoms with E-state index in [-0.39, 0.29) is 5.91 Å². The molecule has 1 amide bonds. The minimum Gasteiger partial charge on any atom is -0.464 e. The lowest BCUT2D eigenvalue weighted by molar-refractivity contribution is -0.120. The Labute approximate surface area is 131 Å². The van der Waals surface area contributed by atoms with Crippen LogP contribution >= 0.6 is 11.3 Å². The zero-order valence-corrected chi connectivity index (χ0v) is 13.0. The SMILES string of the molecule is CN(C(=O)CN1CCOCC1)c1cc2c(ccn2C(=O)O)s1. The van der Waals surface area contributed by atoms with E-state index in [0.717, 1.165) is 27.4 Å². The molecule has 8 heteroatoms. The molecule has 3 heterocycles. The summed E-state index contributed by atoms with van der Waals surface area (Å²) in [6, 6.07) is 3.49. The summed E-state index contributed by atoms with van der Waals surface area (Å²) < 4.78 is 7.28. The molecular weight excluding hydrogens is 306 g/mol. The second-order valence-electron chi connectivity index (χ2n) is 5.14. The van der Waals surface area contributed by atoms with Crippen LogP contribution in [0, 0.1) is 0 Å². The number of ether oxygens (including phenoxy) is 1. The minimum absolute atomic E-state index is 0.00678. The van der Waals surface area contributed by atoms with Crippen LogP contribution in [-0.2, 0) is 9.53 Å². The van der Waals surface area contributed by atoms with Crippen molar-refractivity contribution >= 4 is 38.6 Å². The molecule has 22 heavy (non-hydrogen) atoms. The molecule has 1 N–H and O–H groups in total. The van der Waals surface area contributed by atoms with E-state index in [1.54, 1.807) is 24.1 Å². The number of carbonyl (C=O) groups excluding carboxylic acids is 1. The summed E-state index contributed by atoms with van der Waals surface area (Å²) in [6.45, 7) is 3.18. The molecule has 1 aliphatic rings. The molecule has 2 aromatic rings. The van der Waals surface area contributed by atoms with Crippen LogP contribution in [0.15, 0.2) is 18.3 Å². The van der Waals surface area contributed by atoms with Gasteiger partial charge in [0.25, 0.3) is 0 Å². The van der Waals surface area contributed by atoms with Crippen LogP contribution in [0.4, 0.5) is 9.80 Å². The molecule has 0 aromatic carbocycles. The van der Waals surface area contributed by atoms with Crippen molar-refractivity contribution in [1.29, 1.82) is 0 Å². The first-order chi connectivity index (χ1) is 10.6. The van der Waals surface area contributed by atoms with Gasteiger partial charge in [-0.1, -0.05) is 0 Å². The summed E-state index contributed by atoms with van der Waals surface area (Å²) in [7, 11) is 1.72. The average Bonchev–Trinajstić information content (AvgIpc) is 3.07. The summed E-state index contributed by atoms with van der Waals surface area (Å²) in [5.41, 5.74) is 0.610. The number of thiophene rings is 1. The number of amides is 1. The summed E-state index contributed by atoms with van der Waals surface area (Å²) in [5, 5.41) is 9.86. The molecule has 0 radical (unpaired) electrons. The van der Waals surface area contributed by atoms with Crippen LogP contribution in [0.25, 0.3) is 10.2 Å². The van der Waals surface area contributed by atoms with E-state index in [4.69, 9.17) is 9.84 Å². The molecule has 7 nitrogen and oxygen atoms in total. The maximum Gasteiger partial charge on any atom is 0.416 e. The molecular formula is C14H17N3O4S. The number of rotatable bonds is 3. The smallest absolute Gasteiger partial charge is 0.416 e. The third-order valence-corrected chi connectivity index (χ3v) is 4.90. The summed E-state index contributed by atoms with van der Waals surface area (Å²) >= 11 is 1.41. The average molecular weight is 323 g/mol. The Morgan fingerprint density at radius 3 is 2.82 bits per heavy atom. The first-order valence-electron chi connectivity index (χ1n) is 6.97. The maximum absolute atomic E-state index is 12.4. The number of fused-ring (bicyclic) bond motifs is 1. The van der Waals surface area contributed by atoms with Crippen molar-refractivity contribution in [3.8, 4) is 0 Å². The lowest BCUT2D eigenvalue weighted by Gasteiger charge is -2.27. The van der Waals surface area contributed by atoms with Gasteiger partial charge in [-0.2, -0.15) is 0 Å². The van der Waals surface area contributed by atoms with Crippen molar-refractivity contribution < 1.29 is 19.4 Å². The molecule has 0 spiro atoms. The van der Waals surface area contributed by atoms with Gasteiger partial charge in [0.2, 0.25) is 5.91 Å². The predicted molar refractivity (Wildman–Crippen MR) is 83.9 cm³/mol. The van der Waals surface area contributed by atoms with Gasteiger partial charge in [-0.05, 0) is 12.1 Å². The third kappa shape index (κ3) is 2.85. The Bertz CT molecular complexity index is 702. The molecule has 1 saturated heterocycles. The van der Waals surface area contributed by atoms with Gasteiger partial charge in [-0.25, -0.2) is 4.79 Å². The highest BCUT2D eigenvalue weighted by molar-refractivity contribution is 7.23. The number of hydrogen-bond donors (Lipinski definition) is 1. The highest BCUT2D eigenvalue weighted by Gasteiger charge is 2.20. The molecule has 0 atom stereocenters. The van der Waals surface area contributed by atoms with E-state index in [1.807, 2.05) is 0 Å². The van der Waals surface area contributed by atoms with Gasteiger partial charge < -0.3 is 14.7 Å². The normalized spacial score (nSPS) is 16.0. The number of aromatic nitrogens is 1. The summed E-state index contributed by atoms with van der Waals surface area (Å²) in [4.78, 5) is 27.1. The van der Waals surface area contributed by atoms with Crippen molar-refractivity contribution in [1.82, 2.24) is 9.47 Å². The van der Waals surface area contributed by atoms with E-state index >= 15 is 0 Å². The largest absolute Gasteiger partial charge is 0.464 e. The van der Waals surface area contributed by atoms with Gasteiger partial charge in [-0.15, -0.1) is 11.3 Å². The lowest BCUT2D eigenvalue weighted by atomic mass is 10.4. The molecule has 3 rings (SSSR count). The lowest BCUT2D eigenvalue weighted by Crippen LogP contribution is -2.43. The summed E-state index contributed by atoms with van der Waals surface area (Å²) in [5.74, 6) is -0.00678. The number of morpholine rings is 1. The Balaban J connectivity index is 1.74. The van der Waals surface area contributed by atoms with Crippen molar-refractivity contribution in [3.63, 3.8) is 0 Å². The number of nitrogens with zero attached hydrogens (tertiary/aromatic N) is 3. The predicted octanol–water partition coefficient (Wildman–Crippen LogP) is 1.52. The topological polar surface area (TPSA) is 75.0 Å². The van der Waals surface area contributed by atoms with E-state index < -0.39 is 6.09 Å². The standard InChI is InChI=1S/C14H17N3O4S/c1-15(12(18)9-16-4-6-21-7-5-16)13-8-10-11(22-13)2-3-17(10)14(19)20/h2-3,8H,4-7,9H2,1H3,(H,19,20). The van der Waals surface area contributed by atoms with Gasteiger partial charge in [0.15, 0.2) is 0 Å². The minimum atomic E-state index is -1.03. The van der Waals surface area contributed by atoms with E-state index in [1.165, 1.54) is 17.5 Å². The summed E-state index contributed by atoms with van der Waals surface area (Å²) in [6.07, 6.45) is 0.490. The van der Waals surface area contributed by atoms with Gasteiger partial charge in [0.05, 0.1) is 30.0 Å². The van der Waals surface area contributed by atoms with Crippen LogP contribution in [-0.4, -0.2) is 66.5 Å². The van der Waals surface area contributed by atoms with Crippen LogP contribution in [0.3, 0.4) is 0 Å². The number of likely N-dealkylation sites (N-methyl/N-ethyl adjacent to an activating group) is 1. The van der Waals surface area contributed by atoms with Crippen molar-refractivity contribution in [2.24, 2.45) is 0 Å². The van der Waals surface area contributed by atoms with Gasteiger partial charge in [-0.3, -0.25) is 14.3 Å². The molecule has 1 fully saturated rings.